The number of piperidine rings is 1. The molecule has 2 bridgehead atoms. The lowest BCUT2D eigenvalue weighted by molar-refractivity contribution is 0.0745. The Labute approximate surface area is 89.9 Å². The fourth-order valence-electron chi connectivity index (χ4n) is 2.93. The molecule has 0 spiro atoms. The van der Waals surface area contributed by atoms with Gasteiger partial charge in [0.2, 0.25) is 0 Å². The largest absolute Gasteiger partial charge is 0.296 e. The number of Topliss-reactive ketones (excluding diaryl/α,β-unsaturated/α-hetero) is 1. The van der Waals surface area contributed by atoms with Gasteiger partial charge >= 0.3 is 0 Å². The first kappa shape index (κ1) is 9.10. The van der Waals surface area contributed by atoms with Crippen LogP contribution in [0.15, 0.2) is 24.3 Å². The second kappa shape index (κ2) is 3.17. The van der Waals surface area contributed by atoms with Gasteiger partial charge in [-0.3, -0.25) is 9.69 Å². The molecule has 1 aromatic rings. The van der Waals surface area contributed by atoms with Crippen molar-refractivity contribution in [2.75, 3.05) is 13.6 Å². The molecule has 3 rings (SSSR count). The maximum Gasteiger partial charge on any atom is 0.180 e. The first-order valence-corrected chi connectivity index (χ1v) is 5.61. The van der Waals surface area contributed by atoms with Gasteiger partial charge < -0.3 is 0 Å². The summed E-state index contributed by atoms with van der Waals surface area (Å²) in [5.74, 6) is 0.934. The molecular formula is C13H15NO. The average Bonchev–Trinajstić information content (AvgIpc) is 2.28. The highest BCUT2D eigenvalue weighted by atomic mass is 16.1. The summed E-state index contributed by atoms with van der Waals surface area (Å²) in [6.45, 7) is 1.05. The van der Waals surface area contributed by atoms with E-state index in [1.54, 1.807) is 0 Å². The summed E-state index contributed by atoms with van der Waals surface area (Å²) in [7, 11) is 2.06. The van der Waals surface area contributed by atoms with E-state index < -0.39 is 0 Å². The molecule has 1 aromatic carbocycles. The first-order valence-electron chi connectivity index (χ1n) is 5.61. The lowest BCUT2D eigenvalue weighted by Crippen LogP contribution is -2.47. The Morgan fingerprint density at radius 3 is 3.00 bits per heavy atom. The van der Waals surface area contributed by atoms with Crippen LogP contribution < -0.4 is 0 Å². The van der Waals surface area contributed by atoms with E-state index in [0.29, 0.717) is 11.7 Å². The maximum atomic E-state index is 12.2. The third kappa shape index (κ3) is 1.25. The minimum absolute atomic E-state index is 0.138. The van der Waals surface area contributed by atoms with E-state index in [4.69, 9.17) is 0 Å². The SMILES string of the molecule is CN1CCC2CC1C(=O)c1ccccc12. The van der Waals surface area contributed by atoms with Gasteiger partial charge in [-0.05, 0) is 37.9 Å². The van der Waals surface area contributed by atoms with Crippen LogP contribution >= 0.6 is 0 Å². The van der Waals surface area contributed by atoms with Gasteiger partial charge in [0.25, 0.3) is 0 Å². The van der Waals surface area contributed by atoms with Gasteiger partial charge in [0, 0.05) is 5.56 Å². The number of nitrogens with zero attached hydrogens (tertiary/aromatic N) is 1. The molecular weight excluding hydrogens is 186 g/mol. The van der Waals surface area contributed by atoms with Gasteiger partial charge in [0.05, 0.1) is 6.04 Å². The standard InChI is InChI=1S/C13H15NO/c1-14-7-6-9-8-12(14)13(15)11-5-3-2-4-10(9)11/h2-5,9,12H,6-8H2,1H3. The van der Waals surface area contributed by atoms with Crippen molar-refractivity contribution in [2.45, 2.75) is 24.8 Å². The van der Waals surface area contributed by atoms with Gasteiger partial charge in [-0.25, -0.2) is 0 Å². The summed E-state index contributed by atoms with van der Waals surface area (Å²) in [5, 5.41) is 0. The number of fused-ring (bicyclic) bond motifs is 4. The molecule has 15 heavy (non-hydrogen) atoms. The minimum Gasteiger partial charge on any atom is -0.296 e. The minimum atomic E-state index is 0.138. The Morgan fingerprint density at radius 2 is 2.13 bits per heavy atom. The second-order valence-corrected chi connectivity index (χ2v) is 4.67. The predicted molar refractivity (Wildman–Crippen MR) is 59.2 cm³/mol. The van der Waals surface area contributed by atoms with Crippen molar-refractivity contribution in [3.05, 3.63) is 35.4 Å². The topological polar surface area (TPSA) is 20.3 Å². The summed E-state index contributed by atoms with van der Waals surface area (Å²) in [4.78, 5) is 14.4. The normalized spacial score (nSPS) is 30.1. The summed E-state index contributed by atoms with van der Waals surface area (Å²) >= 11 is 0. The molecule has 1 aliphatic heterocycles. The number of benzene rings is 1. The highest BCUT2D eigenvalue weighted by Crippen LogP contribution is 2.38. The van der Waals surface area contributed by atoms with Crippen LogP contribution in [-0.2, 0) is 0 Å². The van der Waals surface area contributed by atoms with Crippen LogP contribution in [0, 0.1) is 0 Å². The number of carbonyl (C=O) groups is 1. The van der Waals surface area contributed by atoms with Crippen LogP contribution in [-0.4, -0.2) is 30.3 Å². The van der Waals surface area contributed by atoms with Gasteiger partial charge in [-0.2, -0.15) is 0 Å². The van der Waals surface area contributed by atoms with E-state index >= 15 is 0 Å². The number of rotatable bonds is 0. The number of likely N-dealkylation sites (tertiary alicyclic amines) is 1. The Morgan fingerprint density at radius 1 is 1.33 bits per heavy atom. The van der Waals surface area contributed by atoms with E-state index in [0.717, 1.165) is 18.5 Å². The number of hydrogen-bond donors (Lipinski definition) is 0. The lowest BCUT2D eigenvalue weighted by Gasteiger charge is -2.40. The highest BCUT2D eigenvalue weighted by Gasteiger charge is 2.38. The Hall–Kier alpha value is -1.15. The smallest absolute Gasteiger partial charge is 0.180 e. The zero-order chi connectivity index (χ0) is 10.4. The van der Waals surface area contributed by atoms with E-state index in [-0.39, 0.29) is 6.04 Å². The van der Waals surface area contributed by atoms with Gasteiger partial charge in [-0.1, -0.05) is 24.3 Å². The molecule has 2 nitrogen and oxygen atoms in total. The van der Waals surface area contributed by atoms with Crippen molar-refractivity contribution in [2.24, 2.45) is 0 Å². The van der Waals surface area contributed by atoms with Crippen LogP contribution in [0.3, 0.4) is 0 Å². The third-order valence-electron chi connectivity index (χ3n) is 3.84. The van der Waals surface area contributed by atoms with E-state index in [1.807, 2.05) is 18.2 Å². The summed E-state index contributed by atoms with van der Waals surface area (Å²) < 4.78 is 0. The van der Waals surface area contributed by atoms with Gasteiger partial charge in [0.15, 0.2) is 5.78 Å². The van der Waals surface area contributed by atoms with Crippen molar-refractivity contribution < 1.29 is 4.79 Å². The van der Waals surface area contributed by atoms with Gasteiger partial charge in [-0.15, -0.1) is 0 Å². The van der Waals surface area contributed by atoms with Crippen molar-refractivity contribution in [1.29, 1.82) is 0 Å². The van der Waals surface area contributed by atoms with Crippen LogP contribution in [0.1, 0.15) is 34.7 Å². The fourth-order valence-corrected chi connectivity index (χ4v) is 2.93. The molecule has 1 heterocycles. The molecule has 2 aliphatic rings. The molecule has 2 atom stereocenters. The maximum absolute atomic E-state index is 12.2. The molecule has 1 aliphatic carbocycles. The predicted octanol–water partition coefficient (Wildman–Crippen LogP) is 2.06. The molecule has 0 aromatic heterocycles. The van der Waals surface area contributed by atoms with E-state index in [2.05, 4.69) is 18.0 Å². The molecule has 2 heteroatoms. The quantitative estimate of drug-likeness (QED) is 0.640. The second-order valence-electron chi connectivity index (χ2n) is 4.67. The van der Waals surface area contributed by atoms with E-state index in [1.165, 1.54) is 12.0 Å². The first-order chi connectivity index (χ1) is 7.27. The molecule has 1 saturated heterocycles. The van der Waals surface area contributed by atoms with Crippen molar-refractivity contribution >= 4 is 5.78 Å². The summed E-state index contributed by atoms with van der Waals surface area (Å²) in [5.41, 5.74) is 2.25. The Bertz CT molecular complexity index is 413. The number of likely N-dealkylation sites (N-methyl/N-ethyl adjacent to an activating group) is 1. The molecule has 1 fully saturated rings. The van der Waals surface area contributed by atoms with Crippen molar-refractivity contribution in [3.8, 4) is 0 Å². The van der Waals surface area contributed by atoms with Crippen LogP contribution in [0.4, 0.5) is 0 Å². The van der Waals surface area contributed by atoms with E-state index in [9.17, 15) is 4.79 Å². The number of hydrogen-bond acceptors (Lipinski definition) is 2. The van der Waals surface area contributed by atoms with Crippen LogP contribution in [0.25, 0.3) is 0 Å². The zero-order valence-corrected chi connectivity index (χ0v) is 8.94. The molecule has 0 saturated carbocycles. The number of ketones is 1. The molecule has 0 N–H and O–H groups in total. The molecule has 2 unspecified atom stereocenters. The zero-order valence-electron chi connectivity index (χ0n) is 8.94. The monoisotopic (exact) mass is 201 g/mol. The molecule has 0 radical (unpaired) electrons. The van der Waals surface area contributed by atoms with Crippen LogP contribution in [0.2, 0.25) is 0 Å². The van der Waals surface area contributed by atoms with Crippen molar-refractivity contribution in [3.63, 3.8) is 0 Å². The van der Waals surface area contributed by atoms with Gasteiger partial charge in [0.1, 0.15) is 0 Å². The summed E-state index contributed by atoms with van der Waals surface area (Å²) in [6.07, 6.45) is 2.21. The third-order valence-corrected chi connectivity index (χ3v) is 3.84. The highest BCUT2D eigenvalue weighted by molar-refractivity contribution is 6.02. The Balaban J connectivity index is 2.12. The molecule has 0 amide bonds. The molecule has 78 valence electrons. The Kier molecular flexibility index (Phi) is 1.93. The van der Waals surface area contributed by atoms with Crippen molar-refractivity contribution in [1.82, 2.24) is 4.90 Å². The number of carbonyl (C=O) groups excluding carboxylic acids is 1. The van der Waals surface area contributed by atoms with Crippen LogP contribution in [0.5, 0.6) is 0 Å². The lowest BCUT2D eigenvalue weighted by atomic mass is 9.75. The average molecular weight is 201 g/mol. The summed E-state index contributed by atoms with van der Waals surface area (Å²) in [6, 6.07) is 8.26. The fraction of sp³-hybridized carbons (Fsp3) is 0.462.